The number of carbonyl (C=O) groups excluding carboxylic acids is 1. The second-order valence-corrected chi connectivity index (χ2v) is 8.29. The molecule has 0 aliphatic carbocycles. The monoisotopic (exact) mass is 416 g/mol. The number of ether oxygens (including phenoxy) is 2. The highest BCUT2D eigenvalue weighted by molar-refractivity contribution is 7.73. The number of amides is 1. The Labute approximate surface area is 171 Å². The minimum absolute atomic E-state index is 0.0630. The standard InChI is InChI=1S/C20H20N2O4S2/c1-2-25-14-5-6-16-12(9-14)8-13(18(23)21-16)10-17-19(24)22(20(27)28-17)11-15-4-3-7-26-15/h5-6,8-10,15,24H,2-4,7,11H2,1H3/b13-10+/t15-/m0/s1. The first-order chi connectivity index (χ1) is 13.5. The lowest BCUT2D eigenvalue weighted by molar-refractivity contribution is -0.114. The first-order valence-corrected chi connectivity index (χ1v) is 10.4. The van der Waals surface area contributed by atoms with Crippen LogP contribution in [-0.4, -0.2) is 34.9 Å². The number of benzene rings is 1. The molecule has 2 aliphatic rings. The van der Waals surface area contributed by atoms with Gasteiger partial charge < -0.3 is 14.6 Å². The summed E-state index contributed by atoms with van der Waals surface area (Å²) >= 11 is 6.67. The van der Waals surface area contributed by atoms with E-state index in [0.29, 0.717) is 32.9 Å². The zero-order valence-electron chi connectivity index (χ0n) is 15.4. The van der Waals surface area contributed by atoms with Crippen LogP contribution >= 0.6 is 23.6 Å². The summed E-state index contributed by atoms with van der Waals surface area (Å²) in [5.74, 6) is 0.441. The molecule has 1 fully saturated rings. The average molecular weight is 417 g/mol. The summed E-state index contributed by atoms with van der Waals surface area (Å²) < 4.78 is 13.4. The van der Waals surface area contributed by atoms with Gasteiger partial charge in [0.05, 0.1) is 29.5 Å². The molecule has 1 N–H and O–H groups in total. The maximum Gasteiger partial charge on any atom is 0.277 e. The molecule has 1 atom stereocenters. The summed E-state index contributed by atoms with van der Waals surface area (Å²) in [6.07, 6.45) is 5.45. The first kappa shape index (κ1) is 19.0. The number of nitrogens with zero attached hydrogens (tertiary/aromatic N) is 2. The number of rotatable bonds is 5. The molecule has 0 radical (unpaired) electrons. The quantitative estimate of drug-likeness (QED) is 0.599. The zero-order valence-corrected chi connectivity index (χ0v) is 17.0. The van der Waals surface area contributed by atoms with Gasteiger partial charge in [-0.2, -0.15) is 0 Å². The first-order valence-electron chi connectivity index (χ1n) is 9.18. The highest BCUT2D eigenvalue weighted by Gasteiger charge is 2.20. The minimum Gasteiger partial charge on any atom is -0.494 e. The maximum atomic E-state index is 12.4. The molecule has 6 nitrogen and oxygen atoms in total. The molecule has 0 saturated carbocycles. The van der Waals surface area contributed by atoms with Gasteiger partial charge in [0.2, 0.25) is 5.88 Å². The fourth-order valence-electron chi connectivity index (χ4n) is 3.32. The summed E-state index contributed by atoms with van der Waals surface area (Å²) in [5, 5.41) is 12.0. The molecule has 1 aromatic heterocycles. The van der Waals surface area contributed by atoms with Crippen LogP contribution in [0.25, 0.3) is 12.2 Å². The Morgan fingerprint density at radius 2 is 2.36 bits per heavy atom. The lowest BCUT2D eigenvalue weighted by Crippen LogP contribution is -2.30. The van der Waals surface area contributed by atoms with Crippen molar-refractivity contribution in [1.82, 2.24) is 4.57 Å². The summed E-state index contributed by atoms with van der Waals surface area (Å²) in [6.45, 7) is 3.74. The lowest BCUT2D eigenvalue weighted by atomic mass is 10.1. The van der Waals surface area contributed by atoms with E-state index in [2.05, 4.69) is 4.99 Å². The molecule has 8 heteroatoms. The third-order valence-corrected chi connectivity index (χ3v) is 6.07. The van der Waals surface area contributed by atoms with Gasteiger partial charge in [-0.1, -0.05) is 0 Å². The van der Waals surface area contributed by atoms with Crippen molar-refractivity contribution in [3.63, 3.8) is 0 Å². The van der Waals surface area contributed by atoms with E-state index in [-0.39, 0.29) is 17.9 Å². The Kier molecular flexibility index (Phi) is 5.43. The number of carbonyl (C=O) groups is 1. The van der Waals surface area contributed by atoms with Crippen LogP contribution in [0.3, 0.4) is 0 Å². The molecule has 0 spiro atoms. The van der Waals surface area contributed by atoms with E-state index < -0.39 is 0 Å². The predicted molar refractivity (Wildman–Crippen MR) is 110 cm³/mol. The summed E-state index contributed by atoms with van der Waals surface area (Å²) in [5.41, 5.74) is 0.400. The minimum atomic E-state index is -0.346. The van der Waals surface area contributed by atoms with E-state index in [1.54, 1.807) is 28.9 Å². The molecule has 1 aromatic carbocycles. The highest BCUT2D eigenvalue weighted by Crippen LogP contribution is 2.30. The van der Waals surface area contributed by atoms with Crippen LogP contribution in [0.5, 0.6) is 11.6 Å². The van der Waals surface area contributed by atoms with Crippen LogP contribution in [0.4, 0.5) is 0 Å². The zero-order chi connectivity index (χ0) is 19.7. The molecule has 3 heterocycles. The number of fused-ring (bicyclic) bond motifs is 1. The largest absolute Gasteiger partial charge is 0.494 e. The van der Waals surface area contributed by atoms with Crippen LogP contribution in [0, 0.1) is 3.95 Å². The van der Waals surface area contributed by atoms with Crippen molar-refractivity contribution in [3.8, 4) is 11.6 Å². The predicted octanol–water partition coefficient (Wildman–Crippen LogP) is 2.59. The van der Waals surface area contributed by atoms with Gasteiger partial charge in [0.1, 0.15) is 5.75 Å². The summed E-state index contributed by atoms with van der Waals surface area (Å²) in [7, 11) is 0. The SMILES string of the molecule is CCOc1ccc2c(c1)=C/C(=C\c1sc(=S)n(C[C@@H]3CCCO3)c1O)C(=O)N=2. The van der Waals surface area contributed by atoms with Crippen molar-refractivity contribution in [2.75, 3.05) is 13.2 Å². The molecular formula is C20H20N2O4S2. The van der Waals surface area contributed by atoms with Crippen molar-refractivity contribution in [3.05, 3.63) is 43.2 Å². The molecular weight excluding hydrogens is 396 g/mol. The number of thiazole rings is 1. The van der Waals surface area contributed by atoms with Gasteiger partial charge in [0.15, 0.2) is 3.95 Å². The van der Waals surface area contributed by atoms with E-state index in [4.69, 9.17) is 21.7 Å². The van der Waals surface area contributed by atoms with E-state index >= 15 is 0 Å². The van der Waals surface area contributed by atoms with E-state index in [9.17, 15) is 9.90 Å². The van der Waals surface area contributed by atoms with Crippen LogP contribution in [0.1, 0.15) is 24.6 Å². The normalized spacial score (nSPS) is 20.0. The Bertz CT molecular complexity index is 1120. The van der Waals surface area contributed by atoms with Crippen LogP contribution in [-0.2, 0) is 16.1 Å². The molecule has 4 rings (SSSR count). The molecule has 146 valence electrons. The topological polar surface area (TPSA) is 73.1 Å². The van der Waals surface area contributed by atoms with Crippen LogP contribution < -0.4 is 15.3 Å². The third kappa shape index (κ3) is 3.80. The van der Waals surface area contributed by atoms with Gasteiger partial charge in [-0.15, -0.1) is 11.3 Å². The van der Waals surface area contributed by atoms with E-state index in [0.717, 1.165) is 30.4 Å². The van der Waals surface area contributed by atoms with Crippen molar-refractivity contribution in [2.45, 2.75) is 32.4 Å². The molecule has 0 unspecified atom stereocenters. The molecule has 1 saturated heterocycles. The number of aromatic nitrogens is 1. The van der Waals surface area contributed by atoms with Gasteiger partial charge in [-0.3, -0.25) is 9.36 Å². The lowest BCUT2D eigenvalue weighted by Gasteiger charge is -2.11. The fourth-order valence-corrected chi connectivity index (χ4v) is 4.59. The Morgan fingerprint density at radius 3 is 3.11 bits per heavy atom. The summed E-state index contributed by atoms with van der Waals surface area (Å²) in [4.78, 5) is 17.1. The average Bonchev–Trinajstić information content (AvgIpc) is 3.27. The Balaban J connectivity index is 1.70. The molecule has 0 bridgehead atoms. The highest BCUT2D eigenvalue weighted by atomic mass is 32.1. The Morgan fingerprint density at radius 1 is 1.50 bits per heavy atom. The smallest absolute Gasteiger partial charge is 0.277 e. The van der Waals surface area contributed by atoms with Gasteiger partial charge in [0.25, 0.3) is 5.91 Å². The number of hydrogen-bond donors (Lipinski definition) is 1. The molecule has 28 heavy (non-hydrogen) atoms. The molecule has 1 amide bonds. The molecule has 2 aromatic rings. The molecule has 2 aliphatic heterocycles. The van der Waals surface area contributed by atoms with Crippen molar-refractivity contribution in [2.24, 2.45) is 4.99 Å². The fraction of sp³-hybridized carbons (Fsp3) is 0.350. The van der Waals surface area contributed by atoms with Crippen LogP contribution in [0.15, 0.2) is 28.8 Å². The maximum absolute atomic E-state index is 12.4. The Hall–Kier alpha value is -2.29. The second-order valence-electron chi connectivity index (χ2n) is 6.62. The van der Waals surface area contributed by atoms with E-state index in [1.165, 1.54) is 11.3 Å². The number of aromatic hydroxyl groups is 1. The van der Waals surface area contributed by atoms with Gasteiger partial charge in [0, 0.05) is 17.4 Å². The summed E-state index contributed by atoms with van der Waals surface area (Å²) in [6, 6.07) is 5.42. The van der Waals surface area contributed by atoms with Gasteiger partial charge >= 0.3 is 0 Å². The second kappa shape index (κ2) is 7.98. The van der Waals surface area contributed by atoms with Gasteiger partial charge in [-0.05, 0) is 62.3 Å². The van der Waals surface area contributed by atoms with Gasteiger partial charge in [-0.25, -0.2) is 4.99 Å². The van der Waals surface area contributed by atoms with Crippen LogP contribution in [0.2, 0.25) is 0 Å². The van der Waals surface area contributed by atoms with Crippen molar-refractivity contribution < 1.29 is 19.4 Å². The third-order valence-electron chi connectivity index (χ3n) is 4.68. The number of hydrogen-bond acceptors (Lipinski definition) is 6. The van der Waals surface area contributed by atoms with Crippen molar-refractivity contribution in [1.29, 1.82) is 0 Å². The van der Waals surface area contributed by atoms with Crippen molar-refractivity contribution >= 4 is 41.6 Å². The van der Waals surface area contributed by atoms with E-state index in [1.807, 2.05) is 13.0 Å².